The quantitative estimate of drug-likeness (QED) is 0.686. The third-order valence-corrected chi connectivity index (χ3v) is 2.18. The van der Waals surface area contributed by atoms with Gasteiger partial charge in [-0.05, 0) is 12.1 Å². The lowest BCUT2D eigenvalue weighted by Crippen LogP contribution is -2.38. The van der Waals surface area contributed by atoms with Crippen molar-refractivity contribution in [2.45, 2.75) is 12.6 Å². The first kappa shape index (κ1) is 10.4. The van der Waals surface area contributed by atoms with Crippen LogP contribution in [0.2, 0.25) is 0 Å². The number of pyridine rings is 1. The van der Waals surface area contributed by atoms with Gasteiger partial charge in [-0.15, -0.1) is 5.10 Å². The summed E-state index contributed by atoms with van der Waals surface area (Å²) in [6.07, 6.45) is 1.56. The number of nitrogens with zero attached hydrogens (tertiary/aromatic N) is 3. The van der Waals surface area contributed by atoms with Crippen LogP contribution in [-0.4, -0.2) is 31.3 Å². The summed E-state index contributed by atoms with van der Waals surface area (Å²) in [5, 5.41) is 12.6. The second-order valence-corrected chi connectivity index (χ2v) is 3.34. The van der Waals surface area contributed by atoms with Crippen molar-refractivity contribution in [1.29, 1.82) is 0 Å². The number of aliphatic carboxylic acids is 1. The molecule has 3 N–H and O–H groups in total. The van der Waals surface area contributed by atoms with Crippen molar-refractivity contribution in [1.82, 2.24) is 14.2 Å². The van der Waals surface area contributed by atoms with Crippen LogP contribution in [0.1, 0.15) is 0 Å². The first-order chi connectivity index (χ1) is 7.59. The first-order valence-electron chi connectivity index (χ1n) is 4.62. The van der Waals surface area contributed by atoms with E-state index in [1.165, 1.54) is 4.40 Å². The van der Waals surface area contributed by atoms with Gasteiger partial charge >= 0.3 is 11.7 Å². The highest BCUT2D eigenvalue weighted by atomic mass is 16.4. The molecule has 7 nitrogen and oxygen atoms in total. The van der Waals surface area contributed by atoms with Crippen molar-refractivity contribution in [2.75, 3.05) is 0 Å². The first-order valence-corrected chi connectivity index (χ1v) is 4.62. The Balaban J connectivity index is 2.42. The molecule has 1 unspecified atom stereocenters. The fraction of sp³-hybridized carbons (Fsp3) is 0.222. The summed E-state index contributed by atoms with van der Waals surface area (Å²) in [6.45, 7) is -0.143. The number of carbonyl (C=O) groups is 1. The number of fused-ring (bicyclic) bond motifs is 1. The van der Waals surface area contributed by atoms with Gasteiger partial charge in [-0.2, -0.15) is 0 Å². The Bertz CT molecular complexity index is 586. The Labute approximate surface area is 89.7 Å². The summed E-state index contributed by atoms with van der Waals surface area (Å²) in [6, 6.07) is 3.95. The number of hydrogen-bond acceptors (Lipinski definition) is 4. The Hall–Kier alpha value is -2.15. The van der Waals surface area contributed by atoms with Crippen LogP contribution in [0.25, 0.3) is 5.65 Å². The van der Waals surface area contributed by atoms with Gasteiger partial charge in [-0.25, -0.2) is 9.48 Å². The molecule has 1 atom stereocenters. The monoisotopic (exact) mass is 222 g/mol. The molecule has 0 saturated carbocycles. The molecule has 0 aliphatic carbocycles. The Kier molecular flexibility index (Phi) is 2.45. The van der Waals surface area contributed by atoms with E-state index in [-0.39, 0.29) is 6.54 Å². The minimum Gasteiger partial charge on any atom is -0.480 e. The molecule has 0 bridgehead atoms. The number of hydrogen-bond donors (Lipinski definition) is 2. The Morgan fingerprint density at radius 1 is 1.56 bits per heavy atom. The molecule has 84 valence electrons. The molecular weight excluding hydrogens is 212 g/mol. The topological polar surface area (TPSA) is 103 Å². The predicted molar refractivity (Wildman–Crippen MR) is 55.1 cm³/mol. The summed E-state index contributed by atoms with van der Waals surface area (Å²) in [5.74, 6) is -1.16. The van der Waals surface area contributed by atoms with Gasteiger partial charge in [0.1, 0.15) is 6.04 Å². The zero-order chi connectivity index (χ0) is 11.7. The summed E-state index contributed by atoms with van der Waals surface area (Å²) < 4.78 is 2.38. The summed E-state index contributed by atoms with van der Waals surface area (Å²) in [5.41, 5.74) is 5.40. The fourth-order valence-corrected chi connectivity index (χ4v) is 1.35. The van der Waals surface area contributed by atoms with Crippen LogP contribution in [0.4, 0.5) is 0 Å². The molecule has 0 aromatic carbocycles. The van der Waals surface area contributed by atoms with Crippen molar-refractivity contribution < 1.29 is 9.90 Å². The molecule has 2 aromatic rings. The van der Waals surface area contributed by atoms with Gasteiger partial charge in [0, 0.05) is 6.20 Å². The second-order valence-electron chi connectivity index (χ2n) is 3.34. The number of carboxylic acid groups (broad SMARTS) is 1. The average Bonchev–Trinajstić information content (AvgIpc) is 2.56. The number of rotatable bonds is 3. The molecule has 2 aromatic heterocycles. The second kappa shape index (κ2) is 3.78. The summed E-state index contributed by atoms with van der Waals surface area (Å²) >= 11 is 0. The van der Waals surface area contributed by atoms with Crippen LogP contribution in [-0.2, 0) is 11.3 Å². The van der Waals surface area contributed by atoms with Gasteiger partial charge in [0.15, 0.2) is 5.65 Å². The van der Waals surface area contributed by atoms with E-state index < -0.39 is 17.7 Å². The summed E-state index contributed by atoms with van der Waals surface area (Å²) in [7, 11) is 0. The molecule has 0 radical (unpaired) electrons. The molecule has 0 saturated heterocycles. The Morgan fingerprint density at radius 2 is 2.31 bits per heavy atom. The molecule has 0 spiro atoms. The fourth-order valence-electron chi connectivity index (χ4n) is 1.35. The molecule has 2 heterocycles. The minimum absolute atomic E-state index is 0.143. The van der Waals surface area contributed by atoms with E-state index in [1.54, 1.807) is 24.4 Å². The van der Waals surface area contributed by atoms with Crippen LogP contribution >= 0.6 is 0 Å². The average molecular weight is 222 g/mol. The number of carboxylic acids is 1. The van der Waals surface area contributed by atoms with Crippen molar-refractivity contribution in [2.24, 2.45) is 5.73 Å². The third kappa shape index (κ3) is 1.68. The number of aromatic nitrogens is 3. The van der Waals surface area contributed by atoms with E-state index in [4.69, 9.17) is 10.8 Å². The van der Waals surface area contributed by atoms with Crippen molar-refractivity contribution in [3.8, 4) is 0 Å². The van der Waals surface area contributed by atoms with Gasteiger partial charge in [0.05, 0.1) is 6.54 Å². The zero-order valence-corrected chi connectivity index (χ0v) is 8.28. The van der Waals surface area contributed by atoms with Gasteiger partial charge in [-0.1, -0.05) is 6.07 Å². The third-order valence-electron chi connectivity index (χ3n) is 2.18. The summed E-state index contributed by atoms with van der Waals surface area (Å²) in [4.78, 5) is 22.3. The van der Waals surface area contributed by atoms with Crippen LogP contribution in [0, 0.1) is 0 Å². The van der Waals surface area contributed by atoms with E-state index in [0.29, 0.717) is 5.65 Å². The maximum absolute atomic E-state index is 11.7. The van der Waals surface area contributed by atoms with Crippen LogP contribution in [0.5, 0.6) is 0 Å². The van der Waals surface area contributed by atoms with E-state index in [2.05, 4.69) is 5.10 Å². The molecule has 2 rings (SSSR count). The Morgan fingerprint density at radius 3 is 2.94 bits per heavy atom. The van der Waals surface area contributed by atoms with Gasteiger partial charge < -0.3 is 10.8 Å². The van der Waals surface area contributed by atoms with E-state index >= 15 is 0 Å². The normalized spacial score (nSPS) is 12.8. The highest BCUT2D eigenvalue weighted by Gasteiger charge is 2.15. The van der Waals surface area contributed by atoms with E-state index in [0.717, 1.165) is 4.68 Å². The smallest absolute Gasteiger partial charge is 0.350 e. The maximum atomic E-state index is 11.7. The zero-order valence-electron chi connectivity index (χ0n) is 8.28. The van der Waals surface area contributed by atoms with E-state index in [9.17, 15) is 9.59 Å². The van der Waals surface area contributed by atoms with E-state index in [1.807, 2.05) is 0 Å². The highest BCUT2D eigenvalue weighted by Crippen LogP contribution is 1.95. The lowest BCUT2D eigenvalue weighted by atomic mass is 10.3. The van der Waals surface area contributed by atoms with Crippen LogP contribution in [0.15, 0.2) is 29.2 Å². The minimum atomic E-state index is -1.16. The van der Waals surface area contributed by atoms with Crippen molar-refractivity contribution >= 4 is 11.6 Å². The lowest BCUT2D eigenvalue weighted by Gasteiger charge is -2.03. The molecule has 16 heavy (non-hydrogen) atoms. The lowest BCUT2D eigenvalue weighted by molar-refractivity contribution is -0.138. The maximum Gasteiger partial charge on any atom is 0.350 e. The molecule has 0 aliphatic rings. The highest BCUT2D eigenvalue weighted by molar-refractivity contribution is 5.72. The molecule has 0 aliphatic heterocycles. The predicted octanol–water partition coefficient (Wildman–Crippen LogP) is -1.09. The van der Waals surface area contributed by atoms with Gasteiger partial charge in [-0.3, -0.25) is 9.20 Å². The van der Waals surface area contributed by atoms with Crippen LogP contribution < -0.4 is 11.4 Å². The van der Waals surface area contributed by atoms with Gasteiger partial charge in [0.25, 0.3) is 0 Å². The molecule has 0 fully saturated rings. The molecular formula is C9H10N4O3. The molecule has 0 amide bonds. The standard InChI is InChI=1S/C9H10N4O3/c10-6(8(14)15)5-13-9(16)12-4-2-1-3-7(12)11-13/h1-4,6H,5,10H2,(H,14,15). The SMILES string of the molecule is NC(Cn1nc2ccccn2c1=O)C(=O)O. The van der Waals surface area contributed by atoms with Crippen molar-refractivity contribution in [3.05, 3.63) is 34.9 Å². The largest absolute Gasteiger partial charge is 0.480 e. The number of nitrogens with two attached hydrogens (primary N) is 1. The van der Waals surface area contributed by atoms with Gasteiger partial charge in [0.2, 0.25) is 0 Å². The van der Waals surface area contributed by atoms with Crippen molar-refractivity contribution in [3.63, 3.8) is 0 Å². The van der Waals surface area contributed by atoms with Crippen LogP contribution in [0.3, 0.4) is 0 Å². The molecule has 7 heteroatoms.